The SMILES string of the molecule is CCc1c(Cc2ccc(S(C)(=O)=O)cc2)c(C)nc2c(F)cc(OCC(=O)O)cc12. The number of carboxylic acids is 1. The maximum absolute atomic E-state index is 14.6. The maximum atomic E-state index is 14.6. The van der Waals surface area contributed by atoms with Crippen LogP contribution >= 0.6 is 0 Å². The summed E-state index contributed by atoms with van der Waals surface area (Å²) in [6, 6.07) is 9.40. The summed E-state index contributed by atoms with van der Waals surface area (Å²) < 4.78 is 43.1. The summed E-state index contributed by atoms with van der Waals surface area (Å²) in [7, 11) is -3.27. The lowest BCUT2D eigenvalue weighted by atomic mass is 9.93. The van der Waals surface area contributed by atoms with Crippen LogP contribution in [-0.4, -0.2) is 37.3 Å². The monoisotopic (exact) mass is 431 g/mol. The van der Waals surface area contributed by atoms with Crippen molar-refractivity contribution in [1.29, 1.82) is 0 Å². The molecule has 1 N–H and O–H groups in total. The van der Waals surface area contributed by atoms with Crippen molar-refractivity contribution in [1.82, 2.24) is 4.98 Å². The topological polar surface area (TPSA) is 93.6 Å². The first kappa shape index (κ1) is 21.7. The number of aryl methyl sites for hydroxylation is 2. The summed E-state index contributed by atoms with van der Waals surface area (Å²) in [5, 5.41) is 9.38. The number of aliphatic carboxylic acids is 1. The molecule has 2 aromatic carbocycles. The Morgan fingerprint density at radius 1 is 1.17 bits per heavy atom. The quantitative estimate of drug-likeness (QED) is 0.613. The fraction of sp³-hybridized carbons (Fsp3) is 0.273. The minimum Gasteiger partial charge on any atom is -0.482 e. The predicted molar refractivity (Wildman–Crippen MR) is 111 cm³/mol. The average Bonchev–Trinajstić information content (AvgIpc) is 2.67. The van der Waals surface area contributed by atoms with Crippen LogP contribution in [0.25, 0.3) is 10.9 Å². The second-order valence-corrected chi connectivity index (χ2v) is 9.10. The van der Waals surface area contributed by atoms with Crippen molar-refractivity contribution in [3.63, 3.8) is 0 Å². The Kier molecular flexibility index (Phi) is 6.07. The van der Waals surface area contributed by atoms with Gasteiger partial charge in [0.25, 0.3) is 0 Å². The lowest BCUT2D eigenvalue weighted by molar-refractivity contribution is -0.139. The number of halogens is 1. The molecular formula is C22H22FNO5S. The Morgan fingerprint density at radius 3 is 2.40 bits per heavy atom. The Hall–Kier alpha value is -3.00. The van der Waals surface area contributed by atoms with Crippen molar-refractivity contribution in [2.75, 3.05) is 12.9 Å². The van der Waals surface area contributed by atoms with E-state index in [2.05, 4.69) is 4.98 Å². The number of fused-ring (bicyclic) bond motifs is 1. The van der Waals surface area contributed by atoms with Gasteiger partial charge in [-0.3, -0.25) is 0 Å². The Balaban J connectivity index is 2.07. The van der Waals surface area contributed by atoms with Crippen LogP contribution in [0.4, 0.5) is 4.39 Å². The van der Waals surface area contributed by atoms with Crippen LogP contribution in [0.3, 0.4) is 0 Å². The molecule has 0 aliphatic carbocycles. The van der Waals surface area contributed by atoms with Crippen molar-refractivity contribution in [3.8, 4) is 5.75 Å². The predicted octanol–water partition coefficient (Wildman–Crippen LogP) is 3.70. The second-order valence-electron chi connectivity index (χ2n) is 7.08. The standard InChI is InChI=1S/C22H22FNO5S/c1-4-17-18(9-14-5-7-16(8-6-14)30(3,27)28)13(2)24-22-19(17)10-15(11-20(22)23)29-12-21(25)26/h5-8,10-11H,4,9,12H2,1-3H3,(H,25,26). The zero-order chi connectivity index (χ0) is 22.1. The summed E-state index contributed by atoms with van der Waals surface area (Å²) in [5.41, 5.74) is 3.62. The largest absolute Gasteiger partial charge is 0.482 e. The Labute approximate surface area is 174 Å². The molecule has 0 radical (unpaired) electrons. The molecule has 0 aliphatic heterocycles. The summed E-state index contributed by atoms with van der Waals surface area (Å²) >= 11 is 0. The van der Waals surface area contributed by atoms with Gasteiger partial charge >= 0.3 is 5.97 Å². The number of aromatic nitrogens is 1. The highest BCUT2D eigenvalue weighted by Gasteiger charge is 2.17. The van der Waals surface area contributed by atoms with E-state index in [9.17, 15) is 17.6 Å². The first-order chi connectivity index (χ1) is 14.1. The molecule has 0 fully saturated rings. The third-order valence-electron chi connectivity index (χ3n) is 4.89. The molecule has 0 atom stereocenters. The Bertz CT molecular complexity index is 1220. The molecule has 3 aromatic rings. The highest BCUT2D eigenvalue weighted by molar-refractivity contribution is 7.90. The molecule has 158 valence electrons. The van der Waals surface area contributed by atoms with Crippen molar-refractivity contribution in [2.24, 2.45) is 0 Å². The van der Waals surface area contributed by atoms with Gasteiger partial charge in [0.2, 0.25) is 0 Å². The maximum Gasteiger partial charge on any atom is 0.341 e. The van der Waals surface area contributed by atoms with Gasteiger partial charge in [0, 0.05) is 23.4 Å². The lowest BCUT2D eigenvalue weighted by Gasteiger charge is -2.16. The first-order valence-electron chi connectivity index (χ1n) is 9.35. The van der Waals surface area contributed by atoms with Crippen molar-refractivity contribution in [3.05, 3.63) is 64.6 Å². The van der Waals surface area contributed by atoms with E-state index in [0.717, 1.165) is 29.0 Å². The molecule has 30 heavy (non-hydrogen) atoms. The second kappa shape index (κ2) is 8.39. The van der Waals surface area contributed by atoms with Gasteiger partial charge in [-0.05, 0) is 54.7 Å². The zero-order valence-electron chi connectivity index (χ0n) is 16.9. The molecule has 1 heterocycles. The van der Waals surface area contributed by atoms with Gasteiger partial charge in [-0.1, -0.05) is 19.1 Å². The highest BCUT2D eigenvalue weighted by Crippen LogP contribution is 2.31. The molecule has 0 saturated carbocycles. The molecule has 0 unspecified atom stereocenters. The van der Waals surface area contributed by atoms with E-state index in [4.69, 9.17) is 9.84 Å². The molecule has 0 spiro atoms. The summed E-state index contributed by atoms with van der Waals surface area (Å²) in [4.78, 5) is 15.4. The van der Waals surface area contributed by atoms with Crippen LogP contribution in [0.15, 0.2) is 41.3 Å². The fourth-order valence-electron chi connectivity index (χ4n) is 3.46. The van der Waals surface area contributed by atoms with Crippen LogP contribution in [0, 0.1) is 12.7 Å². The fourth-order valence-corrected chi connectivity index (χ4v) is 4.09. The van der Waals surface area contributed by atoms with E-state index in [-0.39, 0.29) is 16.2 Å². The molecule has 6 nitrogen and oxygen atoms in total. The van der Waals surface area contributed by atoms with Gasteiger partial charge in [-0.15, -0.1) is 0 Å². The number of ether oxygens (including phenoxy) is 1. The molecule has 0 amide bonds. The minimum atomic E-state index is -3.27. The number of pyridine rings is 1. The minimum absolute atomic E-state index is 0.131. The molecule has 8 heteroatoms. The van der Waals surface area contributed by atoms with Gasteiger partial charge < -0.3 is 9.84 Å². The van der Waals surface area contributed by atoms with Crippen LogP contribution < -0.4 is 4.74 Å². The van der Waals surface area contributed by atoms with E-state index >= 15 is 0 Å². The Morgan fingerprint density at radius 2 is 1.83 bits per heavy atom. The smallest absolute Gasteiger partial charge is 0.341 e. The molecule has 1 aromatic heterocycles. The van der Waals surface area contributed by atoms with Gasteiger partial charge in [-0.2, -0.15) is 0 Å². The van der Waals surface area contributed by atoms with Crippen LogP contribution in [0.5, 0.6) is 5.75 Å². The highest BCUT2D eigenvalue weighted by atomic mass is 32.2. The molecular weight excluding hydrogens is 409 g/mol. The van der Waals surface area contributed by atoms with Crippen molar-refractivity contribution >= 4 is 26.7 Å². The molecule has 0 bridgehead atoms. The summed E-state index contributed by atoms with van der Waals surface area (Å²) in [6.45, 7) is 3.20. The van der Waals surface area contributed by atoms with Gasteiger partial charge in [0.05, 0.1) is 4.90 Å². The number of carbonyl (C=O) groups is 1. The van der Waals surface area contributed by atoms with Crippen LogP contribution in [0.1, 0.15) is 29.3 Å². The van der Waals surface area contributed by atoms with E-state index in [0.29, 0.717) is 23.9 Å². The molecule has 0 saturated heterocycles. The van der Waals surface area contributed by atoms with E-state index in [1.165, 1.54) is 0 Å². The van der Waals surface area contributed by atoms with Gasteiger partial charge in [-0.25, -0.2) is 22.6 Å². The number of benzene rings is 2. The van der Waals surface area contributed by atoms with E-state index in [1.807, 2.05) is 13.8 Å². The van der Waals surface area contributed by atoms with Gasteiger partial charge in [0.15, 0.2) is 22.3 Å². The number of hydrogen-bond donors (Lipinski definition) is 1. The molecule has 3 rings (SSSR count). The van der Waals surface area contributed by atoms with Crippen molar-refractivity contribution < 1.29 is 27.4 Å². The zero-order valence-corrected chi connectivity index (χ0v) is 17.7. The van der Waals surface area contributed by atoms with Crippen molar-refractivity contribution in [2.45, 2.75) is 31.6 Å². The van der Waals surface area contributed by atoms with E-state index < -0.39 is 28.2 Å². The molecule has 0 aliphatic rings. The van der Waals surface area contributed by atoms with Crippen LogP contribution in [0.2, 0.25) is 0 Å². The van der Waals surface area contributed by atoms with Gasteiger partial charge in [0.1, 0.15) is 11.3 Å². The first-order valence-corrected chi connectivity index (χ1v) is 11.2. The lowest BCUT2D eigenvalue weighted by Crippen LogP contribution is -2.10. The van der Waals surface area contributed by atoms with E-state index in [1.54, 1.807) is 30.3 Å². The number of rotatable bonds is 7. The average molecular weight is 431 g/mol. The third-order valence-corrected chi connectivity index (χ3v) is 6.02. The number of hydrogen-bond acceptors (Lipinski definition) is 5. The number of nitrogens with zero attached hydrogens (tertiary/aromatic N) is 1. The summed E-state index contributed by atoms with van der Waals surface area (Å²) in [5.74, 6) is -1.59. The third kappa shape index (κ3) is 4.59. The van der Waals surface area contributed by atoms with Crippen LogP contribution in [-0.2, 0) is 27.5 Å². The normalized spacial score (nSPS) is 11.6. The number of carboxylic acid groups (broad SMARTS) is 1. The summed E-state index contributed by atoms with van der Waals surface area (Å²) in [6.07, 6.45) is 2.27. The number of sulfone groups is 1.